The van der Waals surface area contributed by atoms with Crippen LogP contribution < -0.4 is 5.32 Å². The molecule has 1 saturated carbocycles. The van der Waals surface area contributed by atoms with E-state index in [-0.39, 0.29) is 49.4 Å². The van der Waals surface area contributed by atoms with Gasteiger partial charge in [0.2, 0.25) is 0 Å². The summed E-state index contributed by atoms with van der Waals surface area (Å²) in [4.78, 5) is 0. The number of halogens is 4. The number of ether oxygens (including phenoxy) is 2. The summed E-state index contributed by atoms with van der Waals surface area (Å²) in [6.07, 6.45) is 2.86. The summed E-state index contributed by atoms with van der Waals surface area (Å²) >= 11 is 0. The summed E-state index contributed by atoms with van der Waals surface area (Å²) in [6, 6.07) is 20.2. The Morgan fingerprint density at radius 2 is 1.02 bits per heavy atom. The third-order valence-electron chi connectivity index (χ3n) is 10.7. The van der Waals surface area contributed by atoms with Crippen LogP contribution in [0.15, 0.2) is 72.8 Å². The summed E-state index contributed by atoms with van der Waals surface area (Å²) in [7, 11) is 0. The van der Waals surface area contributed by atoms with E-state index in [1.807, 2.05) is 6.07 Å². The number of nitrogens with one attached hydrogen (secondary N) is 1. The van der Waals surface area contributed by atoms with Crippen molar-refractivity contribution in [3.8, 4) is 0 Å². The van der Waals surface area contributed by atoms with E-state index in [0.717, 1.165) is 47.1 Å². The molecular formula is C43H51F4NO2. The van der Waals surface area contributed by atoms with Crippen molar-refractivity contribution in [3.05, 3.63) is 141 Å². The molecule has 268 valence electrons. The predicted molar refractivity (Wildman–Crippen MR) is 192 cm³/mol. The number of hydrogen-bond acceptors (Lipinski definition) is 3. The lowest BCUT2D eigenvalue weighted by molar-refractivity contribution is 0.0362. The van der Waals surface area contributed by atoms with E-state index in [1.165, 1.54) is 42.0 Å². The van der Waals surface area contributed by atoms with Crippen LogP contribution in [0.3, 0.4) is 0 Å². The van der Waals surface area contributed by atoms with Gasteiger partial charge in [0.25, 0.3) is 0 Å². The number of hydrogen-bond donors (Lipinski definition) is 1. The molecule has 0 spiro atoms. The van der Waals surface area contributed by atoms with E-state index in [1.54, 1.807) is 0 Å². The highest BCUT2D eigenvalue weighted by Crippen LogP contribution is 2.46. The van der Waals surface area contributed by atoms with Gasteiger partial charge in [0.1, 0.15) is 23.3 Å². The Hall–Kier alpha value is -3.52. The second-order valence-corrected chi connectivity index (χ2v) is 14.7. The molecule has 0 radical (unpaired) electrons. The van der Waals surface area contributed by atoms with Crippen LogP contribution in [-0.4, -0.2) is 25.3 Å². The largest absolute Gasteiger partial charge is 0.376 e. The van der Waals surface area contributed by atoms with Crippen LogP contribution in [-0.2, 0) is 22.7 Å². The fourth-order valence-corrected chi connectivity index (χ4v) is 8.59. The maximum absolute atomic E-state index is 14.7. The van der Waals surface area contributed by atoms with Gasteiger partial charge >= 0.3 is 0 Å². The zero-order valence-corrected chi connectivity index (χ0v) is 30.2. The molecule has 0 heterocycles. The van der Waals surface area contributed by atoms with Crippen molar-refractivity contribution in [1.29, 1.82) is 0 Å². The lowest BCUT2D eigenvalue weighted by Crippen LogP contribution is -2.57. The smallest absolute Gasteiger partial charge is 0.131 e. The molecule has 1 N–H and O–H groups in total. The first-order valence-electron chi connectivity index (χ1n) is 17.8. The first kappa shape index (κ1) is 37.7. The third-order valence-corrected chi connectivity index (χ3v) is 10.7. The SMILES string of the molecule is Cc1cccc(C)c1C(CNC1(C(COCc2c(F)cccc2F)c2c(C)cccc2C)CC(C)CC(C)C1)COCc1c(F)cccc1F. The van der Waals surface area contributed by atoms with Crippen LogP contribution in [0.2, 0.25) is 0 Å². The summed E-state index contributed by atoms with van der Waals surface area (Å²) < 4.78 is 70.8. The van der Waals surface area contributed by atoms with Crippen molar-refractivity contribution >= 4 is 0 Å². The zero-order chi connectivity index (χ0) is 36.0. The topological polar surface area (TPSA) is 30.5 Å². The molecule has 0 amide bonds. The standard InChI is InChI=1S/C43H51F4NO2/c1-27-19-28(2)21-43(20-27,36(42-31(5)13-8-14-32(42)6)26-50-25-35-39(46)17-10-18-40(35)47)48-22-33(41-29(3)11-7-12-30(41)4)23-49-24-34-37(44)15-9-16-38(34)45/h7-18,27-28,33,36,48H,19-26H2,1-6H3. The zero-order valence-electron chi connectivity index (χ0n) is 30.2. The van der Waals surface area contributed by atoms with E-state index in [0.29, 0.717) is 18.4 Å². The van der Waals surface area contributed by atoms with E-state index < -0.39 is 28.8 Å². The number of benzene rings is 4. The van der Waals surface area contributed by atoms with Gasteiger partial charge in [-0.3, -0.25) is 0 Å². The average molecular weight is 690 g/mol. The van der Waals surface area contributed by atoms with Crippen molar-refractivity contribution in [3.63, 3.8) is 0 Å². The van der Waals surface area contributed by atoms with Crippen LogP contribution in [0.4, 0.5) is 17.6 Å². The molecule has 0 bridgehead atoms. The molecule has 4 atom stereocenters. The second kappa shape index (κ2) is 16.7. The first-order chi connectivity index (χ1) is 23.9. The molecule has 0 aliphatic heterocycles. The molecule has 4 unspecified atom stereocenters. The van der Waals surface area contributed by atoms with E-state index >= 15 is 0 Å². The molecule has 0 saturated heterocycles. The normalized spacial score (nSPS) is 20.5. The Morgan fingerprint density at radius 1 is 0.620 bits per heavy atom. The monoisotopic (exact) mass is 689 g/mol. The Bertz CT molecular complexity index is 1670. The molecule has 5 rings (SSSR count). The summed E-state index contributed by atoms with van der Waals surface area (Å²) in [5.74, 6) is -1.90. The minimum absolute atomic E-state index is 0.0707. The molecule has 4 aromatic carbocycles. The summed E-state index contributed by atoms with van der Waals surface area (Å²) in [5, 5.41) is 4.09. The lowest BCUT2D eigenvalue weighted by atomic mass is 9.63. The minimum atomic E-state index is -0.623. The fraction of sp³-hybridized carbons (Fsp3) is 0.442. The first-order valence-corrected chi connectivity index (χ1v) is 17.8. The predicted octanol–water partition coefficient (Wildman–Crippen LogP) is 10.6. The van der Waals surface area contributed by atoms with Crippen LogP contribution in [0.1, 0.15) is 89.5 Å². The quantitative estimate of drug-likeness (QED) is 0.134. The van der Waals surface area contributed by atoms with Crippen LogP contribution >= 0.6 is 0 Å². The van der Waals surface area contributed by atoms with Crippen molar-refractivity contribution in [1.82, 2.24) is 5.32 Å². The van der Waals surface area contributed by atoms with E-state index in [4.69, 9.17) is 9.47 Å². The molecule has 50 heavy (non-hydrogen) atoms. The van der Waals surface area contributed by atoms with Gasteiger partial charge in [-0.2, -0.15) is 0 Å². The third kappa shape index (κ3) is 8.67. The molecule has 0 aromatic heterocycles. The molecule has 1 aliphatic rings. The van der Waals surface area contributed by atoms with Gasteiger partial charge in [0, 0.05) is 35.0 Å². The second-order valence-electron chi connectivity index (χ2n) is 14.7. The van der Waals surface area contributed by atoms with E-state index in [2.05, 4.69) is 77.2 Å². The van der Waals surface area contributed by atoms with E-state index in [9.17, 15) is 17.6 Å². The van der Waals surface area contributed by atoms with Gasteiger partial charge < -0.3 is 14.8 Å². The van der Waals surface area contributed by atoms with Crippen molar-refractivity contribution in [2.24, 2.45) is 11.8 Å². The lowest BCUT2D eigenvalue weighted by Gasteiger charge is -2.50. The Kier molecular flexibility index (Phi) is 12.6. The van der Waals surface area contributed by atoms with Gasteiger partial charge in [-0.15, -0.1) is 0 Å². The van der Waals surface area contributed by atoms with Gasteiger partial charge in [0.05, 0.1) is 26.4 Å². The van der Waals surface area contributed by atoms with Gasteiger partial charge in [-0.05, 0) is 116 Å². The Morgan fingerprint density at radius 3 is 1.48 bits per heavy atom. The maximum atomic E-state index is 14.7. The van der Waals surface area contributed by atoms with Gasteiger partial charge in [-0.25, -0.2) is 17.6 Å². The Labute approximate surface area is 295 Å². The molecular weight excluding hydrogens is 638 g/mol. The molecule has 1 fully saturated rings. The van der Waals surface area contributed by atoms with Crippen LogP contribution in [0.5, 0.6) is 0 Å². The summed E-state index contributed by atoms with van der Waals surface area (Å²) in [5.41, 5.74) is 6.30. The number of rotatable bonds is 14. The number of aryl methyl sites for hydroxylation is 4. The highest BCUT2D eigenvalue weighted by atomic mass is 19.1. The average Bonchev–Trinajstić information content (AvgIpc) is 3.04. The van der Waals surface area contributed by atoms with Crippen molar-refractivity contribution in [2.45, 2.75) is 91.4 Å². The maximum Gasteiger partial charge on any atom is 0.131 e. The highest BCUT2D eigenvalue weighted by molar-refractivity contribution is 5.40. The molecule has 7 heteroatoms. The van der Waals surface area contributed by atoms with Crippen molar-refractivity contribution < 1.29 is 27.0 Å². The molecule has 1 aliphatic carbocycles. The Balaban J connectivity index is 1.50. The van der Waals surface area contributed by atoms with Crippen LogP contribution in [0.25, 0.3) is 0 Å². The van der Waals surface area contributed by atoms with Gasteiger partial charge in [0.15, 0.2) is 0 Å². The minimum Gasteiger partial charge on any atom is -0.376 e. The fourth-order valence-electron chi connectivity index (χ4n) is 8.59. The molecule has 4 aromatic rings. The van der Waals surface area contributed by atoms with Crippen LogP contribution in [0, 0.1) is 62.8 Å². The summed E-state index contributed by atoms with van der Waals surface area (Å²) in [6.45, 7) is 13.7. The van der Waals surface area contributed by atoms with Gasteiger partial charge in [-0.1, -0.05) is 62.4 Å². The highest BCUT2D eigenvalue weighted by Gasteiger charge is 2.46. The van der Waals surface area contributed by atoms with Crippen molar-refractivity contribution in [2.75, 3.05) is 19.8 Å². The molecule has 3 nitrogen and oxygen atoms in total.